The van der Waals surface area contributed by atoms with E-state index in [2.05, 4.69) is 20.9 Å². The van der Waals surface area contributed by atoms with Crippen molar-refractivity contribution in [2.75, 3.05) is 18.5 Å². The number of benzene rings is 2. The summed E-state index contributed by atoms with van der Waals surface area (Å²) in [5.41, 5.74) is 0.582. The molecule has 1 unspecified atom stereocenters. The highest BCUT2D eigenvalue weighted by molar-refractivity contribution is 6.01. The second-order valence-electron chi connectivity index (χ2n) is 6.15. The number of hydrogen-bond donors (Lipinski definition) is 4. The number of halogens is 1. The van der Waals surface area contributed by atoms with Crippen molar-refractivity contribution in [3.63, 3.8) is 0 Å². The van der Waals surface area contributed by atoms with Crippen LogP contribution in [-0.4, -0.2) is 41.4 Å². The van der Waals surface area contributed by atoms with Crippen LogP contribution in [0.15, 0.2) is 60.9 Å². The first-order valence-electron chi connectivity index (χ1n) is 8.76. The van der Waals surface area contributed by atoms with E-state index in [1.807, 2.05) is 6.07 Å². The van der Waals surface area contributed by atoms with E-state index in [9.17, 15) is 14.0 Å². The lowest BCUT2D eigenvalue weighted by atomic mass is 10.1. The van der Waals surface area contributed by atoms with Crippen molar-refractivity contribution in [1.29, 1.82) is 0 Å². The van der Waals surface area contributed by atoms with Crippen LogP contribution >= 0.6 is 0 Å². The molecule has 0 bridgehead atoms. The molecule has 0 saturated carbocycles. The van der Waals surface area contributed by atoms with Crippen LogP contribution in [0.1, 0.15) is 0 Å². The summed E-state index contributed by atoms with van der Waals surface area (Å²) in [7, 11) is 0. The van der Waals surface area contributed by atoms with Crippen LogP contribution in [0.25, 0.3) is 10.8 Å². The molecule has 9 heteroatoms. The molecule has 3 rings (SSSR count). The van der Waals surface area contributed by atoms with Gasteiger partial charge in [0, 0.05) is 35.8 Å². The number of amides is 3. The van der Waals surface area contributed by atoms with Gasteiger partial charge in [-0.25, -0.2) is 14.0 Å². The number of hydrogen-bond acceptors (Lipinski definition) is 4. The first-order valence-corrected chi connectivity index (χ1v) is 8.76. The molecule has 8 nitrogen and oxygen atoms in total. The Hall–Kier alpha value is -3.88. The average molecular weight is 398 g/mol. The van der Waals surface area contributed by atoms with E-state index >= 15 is 0 Å². The zero-order valence-electron chi connectivity index (χ0n) is 15.3. The third-order valence-electron chi connectivity index (χ3n) is 4.01. The predicted molar refractivity (Wildman–Crippen MR) is 106 cm³/mol. The van der Waals surface area contributed by atoms with Crippen LogP contribution in [0.5, 0.6) is 5.75 Å². The fraction of sp³-hybridized carbons (Fsp3) is 0.150. The number of nitrogens with one attached hydrogen (secondary N) is 3. The Kier molecular flexibility index (Phi) is 6.41. The summed E-state index contributed by atoms with van der Waals surface area (Å²) in [6.07, 6.45) is 2.08. The number of nitrogens with zero attached hydrogens (tertiary/aromatic N) is 1. The van der Waals surface area contributed by atoms with Gasteiger partial charge in [0.05, 0.1) is 11.7 Å². The molecular formula is C20H19FN4O4. The third-order valence-corrected chi connectivity index (χ3v) is 4.01. The molecule has 1 heterocycles. The maximum absolute atomic E-state index is 13.3. The average Bonchev–Trinajstić information content (AvgIpc) is 2.70. The van der Waals surface area contributed by atoms with Gasteiger partial charge in [-0.1, -0.05) is 18.2 Å². The van der Waals surface area contributed by atoms with Gasteiger partial charge in [-0.05, 0) is 24.3 Å². The molecule has 0 aliphatic heterocycles. The fourth-order valence-corrected chi connectivity index (χ4v) is 2.69. The van der Waals surface area contributed by atoms with Gasteiger partial charge in [0.15, 0.2) is 0 Å². The summed E-state index contributed by atoms with van der Waals surface area (Å²) in [6.45, 7) is -0.145. The van der Waals surface area contributed by atoms with E-state index in [1.165, 1.54) is 18.2 Å². The Morgan fingerprint density at radius 2 is 2.00 bits per heavy atom. The third kappa shape index (κ3) is 5.80. The highest BCUT2D eigenvalue weighted by atomic mass is 19.1. The molecule has 150 valence electrons. The molecule has 0 saturated heterocycles. The number of aromatic nitrogens is 1. The van der Waals surface area contributed by atoms with Crippen molar-refractivity contribution in [2.24, 2.45) is 0 Å². The lowest BCUT2D eigenvalue weighted by molar-refractivity contribution is 0.189. The van der Waals surface area contributed by atoms with Crippen LogP contribution < -0.4 is 20.7 Å². The van der Waals surface area contributed by atoms with Gasteiger partial charge in [0.2, 0.25) is 0 Å². The lowest BCUT2D eigenvalue weighted by Crippen LogP contribution is -2.48. The van der Waals surface area contributed by atoms with Crippen molar-refractivity contribution in [3.8, 4) is 5.75 Å². The number of urea groups is 1. The second kappa shape index (κ2) is 9.36. The quantitative estimate of drug-likeness (QED) is 0.488. The fourth-order valence-electron chi connectivity index (χ4n) is 2.69. The Morgan fingerprint density at radius 1 is 1.17 bits per heavy atom. The standard InChI is InChI=1S/C20H19FN4O4/c21-14-4-2-5-16(9-14)29-12-15(11-23-20(27)28)24-19(26)25-18-6-1-3-13-10-22-8-7-17(13)18/h1-10,15,23H,11-12H2,(H,27,28)(H2,24,25,26). The summed E-state index contributed by atoms with van der Waals surface area (Å²) in [5.74, 6) is -0.187. The SMILES string of the molecule is O=C(O)NCC(COc1cccc(F)c1)NC(=O)Nc1cccc2cnccc12. The molecule has 0 aliphatic carbocycles. The number of anilines is 1. The van der Waals surface area contributed by atoms with Crippen molar-refractivity contribution in [1.82, 2.24) is 15.6 Å². The van der Waals surface area contributed by atoms with Gasteiger partial charge in [-0.15, -0.1) is 0 Å². The molecule has 3 amide bonds. The van der Waals surface area contributed by atoms with Crippen molar-refractivity contribution in [3.05, 3.63) is 66.7 Å². The van der Waals surface area contributed by atoms with E-state index < -0.39 is 24.0 Å². The Balaban J connectivity index is 1.65. The van der Waals surface area contributed by atoms with Crippen LogP contribution in [-0.2, 0) is 0 Å². The van der Waals surface area contributed by atoms with E-state index in [-0.39, 0.29) is 18.9 Å². The van der Waals surface area contributed by atoms with Gasteiger partial charge in [-0.2, -0.15) is 0 Å². The molecule has 1 atom stereocenters. The molecule has 0 spiro atoms. The normalized spacial score (nSPS) is 11.5. The predicted octanol–water partition coefficient (Wildman–Crippen LogP) is 3.21. The molecule has 29 heavy (non-hydrogen) atoms. The molecule has 0 fully saturated rings. The first-order chi connectivity index (χ1) is 14.0. The minimum absolute atomic E-state index is 0.0589. The van der Waals surface area contributed by atoms with Crippen LogP contribution in [0.3, 0.4) is 0 Å². The number of pyridine rings is 1. The number of carboxylic acid groups (broad SMARTS) is 1. The van der Waals surface area contributed by atoms with E-state index in [0.29, 0.717) is 5.69 Å². The summed E-state index contributed by atoms with van der Waals surface area (Å²) < 4.78 is 18.8. The Labute approximate surface area is 165 Å². The monoisotopic (exact) mass is 398 g/mol. The highest BCUT2D eigenvalue weighted by Gasteiger charge is 2.15. The maximum atomic E-state index is 13.3. The van der Waals surface area contributed by atoms with E-state index in [4.69, 9.17) is 9.84 Å². The zero-order chi connectivity index (χ0) is 20.6. The summed E-state index contributed by atoms with van der Waals surface area (Å²) >= 11 is 0. The van der Waals surface area contributed by atoms with E-state index in [0.717, 1.165) is 10.8 Å². The maximum Gasteiger partial charge on any atom is 0.404 e. The van der Waals surface area contributed by atoms with Crippen molar-refractivity contribution >= 4 is 28.6 Å². The summed E-state index contributed by atoms with van der Waals surface area (Å²) in [5, 5.41) is 18.1. The number of carbonyl (C=O) groups is 2. The van der Waals surface area contributed by atoms with Crippen LogP contribution in [0, 0.1) is 5.82 Å². The molecule has 4 N–H and O–H groups in total. The molecule has 0 aliphatic rings. The first kappa shape index (κ1) is 19.9. The number of carbonyl (C=O) groups excluding carboxylic acids is 1. The molecular weight excluding hydrogens is 379 g/mol. The largest absolute Gasteiger partial charge is 0.491 e. The molecule has 3 aromatic rings. The van der Waals surface area contributed by atoms with Gasteiger partial charge >= 0.3 is 12.1 Å². The zero-order valence-corrected chi connectivity index (χ0v) is 15.3. The number of rotatable bonds is 7. The minimum atomic E-state index is -1.23. The topological polar surface area (TPSA) is 113 Å². The molecule has 0 radical (unpaired) electrons. The lowest BCUT2D eigenvalue weighted by Gasteiger charge is -2.20. The molecule has 1 aromatic heterocycles. The van der Waals surface area contributed by atoms with Gasteiger partial charge in [0.1, 0.15) is 18.2 Å². The van der Waals surface area contributed by atoms with Crippen molar-refractivity contribution in [2.45, 2.75) is 6.04 Å². The van der Waals surface area contributed by atoms with Crippen molar-refractivity contribution < 1.29 is 23.8 Å². The Morgan fingerprint density at radius 3 is 2.79 bits per heavy atom. The van der Waals surface area contributed by atoms with Gasteiger partial charge in [0.25, 0.3) is 0 Å². The van der Waals surface area contributed by atoms with Gasteiger partial charge in [-0.3, -0.25) is 4.98 Å². The van der Waals surface area contributed by atoms with Crippen LogP contribution in [0.4, 0.5) is 19.7 Å². The van der Waals surface area contributed by atoms with E-state index in [1.54, 1.807) is 36.7 Å². The summed E-state index contributed by atoms with van der Waals surface area (Å²) in [4.78, 5) is 27.3. The molecule has 2 aromatic carbocycles. The number of ether oxygens (including phenoxy) is 1. The highest BCUT2D eigenvalue weighted by Crippen LogP contribution is 2.22. The smallest absolute Gasteiger partial charge is 0.404 e. The van der Waals surface area contributed by atoms with Crippen LogP contribution in [0.2, 0.25) is 0 Å². The Bertz CT molecular complexity index is 1010. The number of fused-ring (bicyclic) bond motifs is 1. The summed E-state index contributed by atoms with van der Waals surface area (Å²) in [6, 6.07) is 11.5. The second-order valence-corrected chi connectivity index (χ2v) is 6.15. The van der Waals surface area contributed by atoms with Gasteiger partial charge < -0.3 is 25.8 Å². The minimum Gasteiger partial charge on any atom is -0.491 e.